The van der Waals surface area contributed by atoms with E-state index in [1.165, 1.54) is 28.8 Å². The number of amides is 1. The molecule has 0 bridgehead atoms. The van der Waals surface area contributed by atoms with Gasteiger partial charge in [0.1, 0.15) is 0 Å². The standard InChI is InChI=1S/C21H19BrN2O5S/c1-4-29-17-11-15(22)13(9-16(17)28-3)10-18-19(25)24(2)21(30-18)23-14-7-5-6-12(8-14)20(26)27/h5-11H,4H2,1-3H3,(H,26,27). The average Bonchev–Trinajstić information content (AvgIpc) is 2.98. The lowest BCUT2D eigenvalue weighted by Crippen LogP contribution is -2.23. The maximum Gasteiger partial charge on any atom is 0.335 e. The minimum absolute atomic E-state index is 0.134. The highest BCUT2D eigenvalue weighted by molar-refractivity contribution is 9.10. The number of halogens is 1. The zero-order chi connectivity index (χ0) is 21.8. The largest absolute Gasteiger partial charge is 0.493 e. The van der Waals surface area contributed by atoms with Crippen LogP contribution in [0.3, 0.4) is 0 Å². The molecule has 1 amide bonds. The van der Waals surface area contributed by atoms with Crippen LogP contribution in [0.5, 0.6) is 11.5 Å². The molecule has 0 unspecified atom stereocenters. The number of hydrogen-bond donors (Lipinski definition) is 1. The lowest BCUT2D eigenvalue weighted by molar-refractivity contribution is -0.121. The fraction of sp³-hybridized carbons (Fsp3) is 0.190. The number of carbonyl (C=O) groups is 2. The van der Waals surface area contributed by atoms with Gasteiger partial charge in [-0.2, -0.15) is 0 Å². The van der Waals surface area contributed by atoms with Crippen LogP contribution in [-0.2, 0) is 4.79 Å². The van der Waals surface area contributed by atoms with E-state index in [1.807, 2.05) is 6.92 Å². The van der Waals surface area contributed by atoms with E-state index < -0.39 is 5.97 Å². The fourth-order valence-electron chi connectivity index (χ4n) is 2.70. The van der Waals surface area contributed by atoms with Gasteiger partial charge in [0.25, 0.3) is 5.91 Å². The summed E-state index contributed by atoms with van der Waals surface area (Å²) in [6.07, 6.45) is 1.75. The van der Waals surface area contributed by atoms with Gasteiger partial charge in [0.15, 0.2) is 16.7 Å². The van der Waals surface area contributed by atoms with Crippen LogP contribution >= 0.6 is 27.7 Å². The number of likely N-dealkylation sites (N-methyl/N-ethyl adjacent to an activating group) is 1. The van der Waals surface area contributed by atoms with Crippen molar-refractivity contribution in [2.75, 3.05) is 20.8 Å². The van der Waals surface area contributed by atoms with Crippen molar-refractivity contribution >= 4 is 56.5 Å². The van der Waals surface area contributed by atoms with Crippen molar-refractivity contribution in [1.82, 2.24) is 4.90 Å². The van der Waals surface area contributed by atoms with Gasteiger partial charge in [-0.1, -0.05) is 22.0 Å². The normalized spacial score (nSPS) is 16.4. The molecule has 1 aliphatic rings. The summed E-state index contributed by atoms with van der Waals surface area (Å²) in [5.41, 5.74) is 1.35. The summed E-state index contributed by atoms with van der Waals surface area (Å²) in [5.74, 6) is -0.0597. The average molecular weight is 491 g/mol. The Hall–Kier alpha value is -2.78. The van der Waals surface area contributed by atoms with Crippen molar-refractivity contribution in [3.63, 3.8) is 0 Å². The molecule has 0 atom stereocenters. The van der Waals surface area contributed by atoms with Crippen LogP contribution in [0.1, 0.15) is 22.8 Å². The van der Waals surface area contributed by atoms with Crippen molar-refractivity contribution in [3.8, 4) is 11.5 Å². The van der Waals surface area contributed by atoms with Crippen LogP contribution in [0.15, 0.2) is 50.8 Å². The van der Waals surface area contributed by atoms with E-state index >= 15 is 0 Å². The number of rotatable bonds is 6. The first kappa shape index (κ1) is 21.9. The number of nitrogens with zero attached hydrogens (tertiary/aromatic N) is 2. The lowest BCUT2D eigenvalue weighted by atomic mass is 10.2. The highest BCUT2D eigenvalue weighted by Gasteiger charge is 2.30. The Morgan fingerprint density at radius 1 is 1.30 bits per heavy atom. The van der Waals surface area contributed by atoms with Gasteiger partial charge >= 0.3 is 5.97 Å². The van der Waals surface area contributed by atoms with E-state index in [9.17, 15) is 9.59 Å². The summed E-state index contributed by atoms with van der Waals surface area (Å²) >= 11 is 4.73. The van der Waals surface area contributed by atoms with E-state index in [2.05, 4.69) is 20.9 Å². The smallest absolute Gasteiger partial charge is 0.335 e. The molecule has 2 aromatic carbocycles. The Balaban J connectivity index is 1.94. The van der Waals surface area contributed by atoms with E-state index in [4.69, 9.17) is 14.6 Å². The number of amidine groups is 1. The molecule has 0 spiro atoms. The van der Waals surface area contributed by atoms with Gasteiger partial charge in [0.2, 0.25) is 0 Å². The van der Waals surface area contributed by atoms with E-state index in [1.54, 1.807) is 44.5 Å². The Morgan fingerprint density at radius 3 is 2.73 bits per heavy atom. The first-order valence-corrected chi connectivity index (χ1v) is 10.5. The Labute approximate surface area is 186 Å². The summed E-state index contributed by atoms with van der Waals surface area (Å²) < 4.78 is 11.7. The minimum Gasteiger partial charge on any atom is -0.493 e. The van der Waals surface area contributed by atoms with Crippen LogP contribution in [0.25, 0.3) is 6.08 Å². The predicted molar refractivity (Wildman–Crippen MR) is 121 cm³/mol. The van der Waals surface area contributed by atoms with Gasteiger partial charge < -0.3 is 14.6 Å². The van der Waals surface area contributed by atoms with Crippen molar-refractivity contribution in [1.29, 1.82) is 0 Å². The van der Waals surface area contributed by atoms with Crippen molar-refractivity contribution in [3.05, 3.63) is 56.9 Å². The minimum atomic E-state index is -1.03. The molecule has 0 aromatic heterocycles. The quantitative estimate of drug-likeness (QED) is 0.585. The topological polar surface area (TPSA) is 88.4 Å². The second kappa shape index (κ2) is 9.36. The first-order valence-electron chi connectivity index (χ1n) is 8.94. The highest BCUT2D eigenvalue weighted by atomic mass is 79.9. The van der Waals surface area contributed by atoms with E-state index in [0.717, 1.165) is 10.0 Å². The zero-order valence-corrected chi connectivity index (χ0v) is 18.9. The SMILES string of the molecule is CCOc1cc(Br)c(C=C2SC(=Nc3cccc(C(=O)O)c3)N(C)C2=O)cc1OC. The molecule has 0 radical (unpaired) electrons. The number of carboxylic acids is 1. The van der Waals surface area contributed by atoms with Crippen LogP contribution in [-0.4, -0.2) is 47.8 Å². The monoisotopic (exact) mass is 490 g/mol. The van der Waals surface area contributed by atoms with Crippen LogP contribution in [0.4, 0.5) is 5.69 Å². The molecule has 1 N–H and O–H groups in total. The van der Waals surface area contributed by atoms with Gasteiger partial charge in [0, 0.05) is 11.5 Å². The molecule has 0 aliphatic carbocycles. The molecule has 2 aromatic rings. The molecule has 3 rings (SSSR count). The second-order valence-electron chi connectivity index (χ2n) is 6.18. The van der Waals surface area contributed by atoms with Crippen molar-refractivity contribution < 1.29 is 24.2 Å². The third-order valence-electron chi connectivity index (χ3n) is 4.19. The van der Waals surface area contributed by atoms with Gasteiger partial charge in [-0.15, -0.1) is 0 Å². The number of aromatic carboxylic acids is 1. The molecule has 0 saturated carbocycles. The molecule has 1 heterocycles. The summed E-state index contributed by atoms with van der Waals surface area (Å²) in [6, 6.07) is 9.85. The van der Waals surface area contributed by atoms with E-state index in [-0.39, 0.29) is 11.5 Å². The maximum atomic E-state index is 12.7. The molecule has 1 saturated heterocycles. The summed E-state index contributed by atoms with van der Waals surface area (Å²) in [5, 5.41) is 9.60. The highest BCUT2D eigenvalue weighted by Crippen LogP contribution is 2.38. The molecule has 1 aliphatic heterocycles. The van der Waals surface area contributed by atoms with Gasteiger partial charge in [0.05, 0.1) is 29.9 Å². The Morgan fingerprint density at radius 2 is 2.07 bits per heavy atom. The predicted octanol–water partition coefficient (Wildman–Crippen LogP) is 4.79. The zero-order valence-electron chi connectivity index (χ0n) is 16.5. The van der Waals surface area contributed by atoms with Gasteiger partial charge in [-0.25, -0.2) is 9.79 Å². The summed E-state index contributed by atoms with van der Waals surface area (Å²) in [7, 11) is 3.19. The molecule has 9 heteroatoms. The van der Waals surface area contributed by atoms with Crippen molar-refractivity contribution in [2.45, 2.75) is 6.92 Å². The number of carbonyl (C=O) groups excluding carboxylic acids is 1. The van der Waals surface area contributed by atoms with Crippen molar-refractivity contribution in [2.24, 2.45) is 4.99 Å². The molecule has 1 fully saturated rings. The molecule has 156 valence electrons. The summed E-state index contributed by atoms with van der Waals surface area (Å²) in [4.78, 5) is 30.2. The number of carboxylic acid groups (broad SMARTS) is 1. The Bertz CT molecular complexity index is 1070. The third-order valence-corrected chi connectivity index (χ3v) is 5.94. The molecular formula is C21H19BrN2O5S. The lowest BCUT2D eigenvalue weighted by Gasteiger charge is -2.11. The van der Waals surface area contributed by atoms with E-state index in [0.29, 0.717) is 33.9 Å². The summed E-state index contributed by atoms with van der Waals surface area (Å²) in [6.45, 7) is 2.39. The number of benzene rings is 2. The van der Waals surface area contributed by atoms with Crippen LogP contribution in [0, 0.1) is 0 Å². The van der Waals surface area contributed by atoms with Crippen LogP contribution < -0.4 is 9.47 Å². The van der Waals surface area contributed by atoms with Gasteiger partial charge in [-0.05, 0) is 60.7 Å². The first-order chi connectivity index (χ1) is 14.3. The Kier molecular flexibility index (Phi) is 6.84. The number of methoxy groups -OCH3 is 1. The molecule has 7 nitrogen and oxygen atoms in total. The second-order valence-corrected chi connectivity index (χ2v) is 8.05. The number of thioether (sulfide) groups is 1. The number of ether oxygens (including phenoxy) is 2. The molecular weight excluding hydrogens is 472 g/mol. The molecule has 30 heavy (non-hydrogen) atoms. The number of aliphatic imine (C=N–C) groups is 1. The van der Waals surface area contributed by atoms with Crippen LogP contribution in [0.2, 0.25) is 0 Å². The van der Waals surface area contributed by atoms with Gasteiger partial charge in [-0.3, -0.25) is 9.69 Å². The fourth-order valence-corrected chi connectivity index (χ4v) is 4.12. The third kappa shape index (κ3) is 4.68. The number of hydrogen-bond acceptors (Lipinski definition) is 6. The maximum absolute atomic E-state index is 12.7.